The first-order valence-corrected chi connectivity index (χ1v) is 6.87. The lowest BCUT2D eigenvalue weighted by Crippen LogP contribution is -2.46. The summed E-state index contributed by atoms with van der Waals surface area (Å²) in [4.78, 5) is 24.5. The maximum Gasteiger partial charge on any atom is 0.422 e. The van der Waals surface area contributed by atoms with Gasteiger partial charge in [-0.3, -0.25) is 4.79 Å². The number of amides is 1. The van der Waals surface area contributed by atoms with Crippen molar-refractivity contribution in [3.05, 3.63) is 35.9 Å². The molecule has 0 saturated heterocycles. The molecule has 0 N–H and O–H groups in total. The van der Waals surface area contributed by atoms with Crippen LogP contribution in [-0.2, 0) is 20.7 Å². The molecule has 0 saturated carbocycles. The molecular formula is C14H15ClF3NO3. The number of hydrogen-bond acceptors (Lipinski definition) is 3. The Morgan fingerprint density at radius 1 is 1.27 bits per heavy atom. The fourth-order valence-electron chi connectivity index (χ4n) is 1.73. The molecule has 1 rings (SSSR count). The summed E-state index contributed by atoms with van der Waals surface area (Å²) < 4.78 is 40.7. The van der Waals surface area contributed by atoms with Crippen LogP contribution in [0.1, 0.15) is 5.56 Å². The van der Waals surface area contributed by atoms with Crippen molar-refractivity contribution in [2.24, 2.45) is 0 Å². The van der Waals surface area contributed by atoms with E-state index in [0.29, 0.717) is 5.56 Å². The van der Waals surface area contributed by atoms with Crippen LogP contribution >= 0.6 is 11.6 Å². The van der Waals surface area contributed by atoms with Gasteiger partial charge >= 0.3 is 12.1 Å². The van der Waals surface area contributed by atoms with Gasteiger partial charge in [-0.1, -0.05) is 30.3 Å². The summed E-state index contributed by atoms with van der Waals surface area (Å²) in [5.74, 6) is -2.08. The van der Waals surface area contributed by atoms with Crippen LogP contribution in [0, 0.1) is 0 Å². The Bertz CT molecular complexity index is 508. The Morgan fingerprint density at radius 2 is 1.86 bits per heavy atom. The van der Waals surface area contributed by atoms with Gasteiger partial charge in [0.05, 0.1) is 0 Å². The van der Waals surface area contributed by atoms with E-state index in [0.717, 1.165) is 4.90 Å². The van der Waals surface area contributed by atoms with E-state index >= 15 is 0 Å². The molecule has 0 heterocycles. The summed E-state index contributed by atoms with van der Waals surface area (Å²) in [6.45, 7) is -1.69. The van der Waals surface area contributed by atoms with Crippen LogP contribution in [0.3, 0.4) is 0 Å². The molecule has 0 aliphatic rings. The van der Waals surface area contributed by atoms with E-state index in [4.69, 9.17) is 11.6 Å². The van der Waals surface area contributed by atoms with Crippen LogP contribution in [0.4, 0.5) is 13.2 Å². The average molecular weight is 338 g/mol. The molecule has 0 aliphatic carbocycles. The predicted molar refractivity (Wildman–Crippen MR) is 74.4 cm³/mol. The van der Waals surface area contributed by atoms with Crippen LogP contribution in [0.15, 0.2) is 30.3 Å². The molecule has 0 bridgehead atoms. The van der Waals surface area contributed by atoms with E-state index in [1.807, 2.05) is 0 Å². The summed E-state index contributed by atoms with van der Waals surface area (Å²) in [6.07, 6.45) is -4.58. The lowest BCUT2D eigenvalue weighted by atomic mass is 10.0. The molecule has 0 fully saturated rings. The van der Waals surface area contributed by atoms with Crippen molar-refractivity contribution in [2.45, 2.75) is 18.6 Å². The fraction of sp³-hybridized carbons (Fsp3) is 0.429. The number of benzene rings is 1. The van der Waals surface area contributed by atoms with Crippen molar-refractivity contribution in [3.63, 3.8) is 0 Å². The monoisotopic (exact) mass is 337 g/mol. The smallest absolute Gasteiger partial charge is 0.422 e. The fourth-order valence-corrected chi connectivity index (χ4v) is 1.92. The minimum Gasteiger partial charge on any atom is -0.454 e. The third-order valence-electron chi connectivity index (χ3n) is 2.90. The number of halogens is 4. The molecule has 0 radical (unpaired) electrons. The highest BCUT2D eigenvalue weighted by atomic mass is 35.5. The second-order valence-corrected chi connectivity index (χ2v) is 4.83. The molecule has 0 aliphatic heterocycles. The average Bonchev–Trinajstić information content (AvgIpc) is 2.49. The highest BCUT2D eigenvalue weighted by Crippen LogP contribution is 2.16. The summed E-state index contributed by atoms with van der Waals surface area (Å²) in [6, 6.07) is 7.42. The Balaban J connectivity index is 2.86. The van der Waals surface area contributed by atoms with Gasteiger partial charge in [-0.25, -0.2) is 4.79 Å². The van der Waals surface area contributed by atoms with Gasteiger partial charge in [0.1, 0.15) is 11.9 Å². The zero-order valence-corrected chi connectivity index (χ0v) is 12.5. The molecule has 122 valence electrons. The number of likely N-dealkylation sites (N-methyl/N-ethyl adjacent to an activating group) is 1. The van der Waals surface area contributed by atoms with Gasteiger partial charge in [0.2, 0.25) is 5.91 Å². The molecule has 1 aromatic carbocycles. The third kappa shape index (κ3) is 5.93. The first-order valence-electron chi connectivity index (χ1n) is 6.33. The van der Waals surface area contributed by atoms with Gasteiger partial charge in [-0.05, 0) is 5.56 Å². The zero-order chi connectivity index (χ0) is 16.8. The van der Waals surface area contributed by atoms with Gasteiger partial charge in [-0.15, -0.1) is 11.6 Å². The lowest BCUT2D eigenvalue weighted by molar-refractivity contribution is -0.189. The first-order chi connectivity index (χ1) is 10.2. The SMILES string of the molecule is CN(C(=O)CCl)[C@@H](Cc1ccccc1)C(=O)OCC(F)(F)F. The van der Waals surface area contributed by atoms with Crippen molar-refractivity contribution in [1.82, 2.24) is 4.90 Å². The van der Waals surface area contributed by atoms with Crippen molar-refractivity contribution < 1.29 is 27.5 Å². The number of ether oxygens (including phenoxy) is 1. The standard InChI is InChI=1S/C14H15ClF3NO3/c1-19(12(20)8-15)11(7-10-5-3-2-4-6-10)13(21)22-9-14(16,17)18/h2-6,11H,7-9H2,1H3/t11-/m0/s1. The van der Waals surface area contributed by atoms with E-state index < -0.39 is 30.7 Å². The number of hydrogen-bond donors (Lipinski definition) is 0. The van der Waals surface area contributed by atoms with Crippen LogP contribution in [-0.4, -0.2) is 48.5 Å². The number of alkyl halides is 4. The first kappa shape index (κ1) is 18.3. The van der Waals surface area contributed by atoms with Crippen LogP contribution in [0.5, 0.6) is 0 Å². The van der Waals surface area contributed by atoms with Crippen LogP contribution in [0.25, 0.3) is 0 Å². The van der Waals surface area contributed by atoms with Crippen molar-refractivity contribution in [3.8, 4) is 0 Å². The molecule has 0 aromatic heterocycles. The normalized spacial score (nSPS) is 12.6. The van der Waals surface area contributed by atoms with Crippen molar-refractivity contribution >= 4 is 23.5 Å². The van der Waals surface area contributed by atoms with Gasteiger partial charge in [0.25, 0.3) is 0 Å². The zero-order valence-electron chi connectivity index (χ0n) is 11.8. The van der Waals surface area contributed by atoms with Gasteiger partial charge in [-0.2, -0.15) is 13.2 Å². The second kappa shape index (κ2) is 8.03. The molecular weight excluding hydrogens is 323 g/mol. The van der Waals surface area contributed by atoms with Gasteiger partial charge in [0, 0.05) is 13.5 Å². The second-order valence-electron chi connectivity index (χ2n) is 4.57. The summed E-state index contributed by atoms with van der Waals surface area (Å²) in [5.41, 5.74) is 0.686. The van der Waals surface area contributed by atoms with E-state index in [-0.39, 0.29) is 12.3 Å². The molecule has 0 unspecified atom stereocenters. The highest BCUT2D eigenvalue weighted by molar-refractivity contribution is 6.27. The summed E-state index contributed by atoms with van der Waals surface area (Å²) >= 11 is 5.42. The number of carbonyl (C=O) groups excluding carboxylic acids is 2. The van der Waals surface area contributed by atoms with Crippen LogP contribution < -0.4 is 0 Å². The highest BCUT2D eigenvalue weighted by Gasteiger charge is 2.34. The lowest BCUT2D eigenvalue weighted by Gasteiger charge is -2.26. The van der Waals surface area contributed by atoms with Crippen molar-refractivity contribution in [2.75, 3.05) is 19.5 Å². The van der Waals surface area contributed by atoms with Crippen LogP contribution in [0.2, 0.25) is 0 Å². The number of carbonyl (C=O) groups is 2. The van der Waals surface area contributed by atoms with E-state index in [9.17, 15) is 22.8 Å². The largest absolute Gasteiger partial charge is 0.454 e. The molecule has 22 heavy (non-hydrogen) atoms. The van der Waals surface area contributed by atoms with Gasteiger partial charge in [0.15, 0.2) is 6.61 Å². The van der Waals surface area contributed by atoms with E-state index in [1.165, 1.54) is 7.05 Å². The maximum absolute atomic E-state index is 12.2. The Hall–Kier alpha value is -1.76. The van der Waals surface area contributed by atoms with Crippen molar-refractivity contribution in [1.29, 1.82) is 0 Å². The Labute approximate surface area is 130 Å². The molecule has 8 heteroatoms. The number of esters is 1. The summed E-state index contributed by atoms with van der Waals surface area (Å²) in [7, 11) is 1.30. The van der Waals surface area contributed by atoms with E-state index in [1.54, 1.807) is 30.3 Å². The Morgan fingerprint density at radius 3 is 2.36 bits per heavy atom. The maximum atomic E-state index is 12.2. The summed E-state index contributed by atoms with van der Waals surface area (Å²) in [5, 5.41) is 0. The molecule has 1 aromatic rings. The molecule has 4 nitrogen and oxygen atoms in total. The van der Waals surface area contributed by atoms with Gasteiger partial charge < -0.3 is 9.64 Å². The molecule has 1 atom stereocenters. The number of nitrogens with zero attached hydrogens (tertiary/aromatic N) is 1. The number of rotatable bonds is 6. The quantitative estimate of drug-likeness (QED) is 0.591. The van der Waals surface area contributed by atoms with E-state index in [2.05, 4.69) is 4.74 Å². The topological polar surface area (TPSA) is 46.6 Å². The molecule has 1 amide bonds. The minimum absolute atomic E-state index is 0.0384. The molecule has 0 spiro atoms. The minimum atomic E-state index is -4.62. The predicted octanol–water partition coefficient (Wildman–Crippen LogP) is 2.40. The third-order valence-corrected chi connectivity index (χ3v) is 3.13. The Kier molecular flexibility index (Phi) is 6.67.